The predicted molar refractivity (Wildman–Crippen MR) is 105 cm³/mol. The lowest BCUT2D eigenvalue weighted by Gasteiger charge is -2.39. The van der Waals surface area contributed by atoms with Gasteiger partial charge in [-0.1, -0.05) is 30.3 Å². The fourth-order valence-electron chi connectivity index (χ4n) is 2.96. The third kappa shape index (κ3) is 4.83. The van der Waals surface area contributed by atoms with Gasteiger partial charge in [-0.3, -0.25) is 9.59 Å². The molecule has 1 atom stereocenters. The Hall–Kier alpha value is -2.47. The maximum atomic E-state index is 12.3. The molecule has 0 bridgehead atoms. The number of carbonyl (C=O) groups is 2. The monoisotopic (exact) mass is 385 g/mol. The van der Waals surface area contributed by atoms with Crippen LogP contribution in [0.3, 0.4) is 0 Å². The van der Waals surface area contributed by atoms with Crippen molar-refractivity contribution in [2.45, 2.75) is 29.5 Å². The Morgan fingerprint density at radius 2 is 1.85 bits per heavy atom. The maximum Gasteiger partial charge on any atom is 0.226 e. The number of rotatable bonds is 9. The second-order valence-electron chi connectivity index (χ2n) is 6.34. The average molecular weight is 385 g/mol. The van der Waals surface area contributed by atoms with Gasteiger partial charge in [-0.15, -0.1) is 11.8 Å². The van der Waals surface area contributed by atoms with Crippen molar-refractivity contribution in [1.29, 1.82) is 0 Å². The zero-order valence-corrected chi connectivity index (χ0v) is 16.3. The van der Waals surface area contributed by atoms with Crippen LogP contribution in [0.25, 0.3) is 0 Å². The Balaban J connectivity index is 1.55. The molecule has 1 saturated heterocycles. The molecule has 0 N–H and O–H groups in total. The number of hydrogen-bond acceptors (Lipinski definition) is 5. The van der Waals surface area contributed by atoms with Crippen molar-refractivity contribution in [1.82, 2.24) is 4.90 Å². The molecular weight excluding hydrogens is 362 g/mol. The molecule has 5 nitrogen and oxygen atoms in total. The standard InChI is InChI=1S/C21H23NO4S/c1-25-18-11-10-17(12-19(18)26-2)27-21-13-20(24)22(21)14-16(23)9-8-15-6-4-3-5-7-15/h3-7,10-12,21H,8-9,13-14H2,1-2H3. The summed E-state index contributed by atoms with van der Waals surface area (Å²) in [5.41, 5.74) is 1.14. The van der Waals surface area contributed by atoms with Crippen molar-refractivity contribution in [2.75, 3.05) is 20.8 Å². The number of ether oxygens (including phenoxy) is 2. The summed E-state index contributed by atoms with van der Waals surface area (Å²) in [6.07, 6.45) is 1.60. The first kappa shape index (κ1) is 19.3. The van der Waals surface area contributed by atoms with Gasteiger partial charge >= 0.3 is 0 Å². The number of aryl methyl sites for hydroxylation is 1. The summed E-state index contributed by atoms with van der Waals surface area (Å²) in [5.74, 6) is 1.43. The van der Waals surface area contributed by atoms with E-state index in [0.717, 1.165) is 10.5 Å². The number of ketones is 1. The van der Waals surface area contributed by atoms with Gasteiger partial charge in [0.15, 0.2) is 17.3 Å². The number of thioether (sulfide) groups is 1. The second-order valence-corrected chi connectivity index (χ2v) is 7.59. The summed E-state index contributed by atoms with van der Waals surface area (Å²) in [7, 11) is 3.19. The number of hydrogen-bond donors (Lipinski definition) is 0. The Morgan fingerprint density at radius 1 is 1.11 bits per heavy atom. The number of β-lactam (4-membered cyclic amide) rings is 1. The lowest BCUT2D eigenvalue weighted by molar-refractivity contribution is -0.144. The van der Waals surface area contributed by atoms with E-state index in [0.29, 0.717) is 30.8 Å². The molecule has 27 heavy (non-hydrogen) atoms. The molecule has 2 aromatic rings. The average Bonchev–Trinajstić information content (AvgIpc) is 2.70. The molecule has 1 heterocycles. The van der Waals surface area contributed by atoms with E-state index in [1.807, 2.05) is 48.5 Å². The first-order chi connectivity index (χ1) is 13.1. The second kappa shape index (κ2) is 8.95. The van der Waals surface area contributed by atoms with Crippen molar-refractivity contribution >= 4 is 23.5 Å². The highest BCUT2D eigenvalue weighted by molar-refractivity contribution is 8.00. The summed E-state index contributed by atoms with van der Waals surface area (Å²) < 4.78 is 10.6. The highest BCUT2D eigenvalue weighted by atomic mass is 32.2. The van der Waals surface area contributed by atoms with E-state index in [1.165, 1.54) is 0 Å². The van der Waals surface area contributed by atoms with E-state index in [-0.39, 0.29) is 23.6 Å². The van der Waals surface area contributed by atoms with Gasteiger partial charge in [0.25, 0.3) is 0 Å². The van der Waals surface area contributed by atoms with Gasteiger partial charge < -0.3 is 14.4 Å². The van der Waals surface area contributed by atoms with E-state index < -0.39 is 0 Å². The molecule has 0 saturated carbocycles. The van der Waals surface area contributed by atoms with Crippen LogP contribution in [0.15, 0.2) is 53.4 Å². The number of likely N-dealkylation sites (tertiary alicyclic amines) is 1. The summed E-state index contributed by atoms with van der Waals surface area (Å²) in [6, 6.07) is 15.6. The van der Waals surface area contributed by atoms with Gasteiger partial charge in [-0.2, -0.15) is 0 Å². The number of carbonyl (C=O) groups excluding carboxylic acids is 2. The Morgan fingerprint density at radius 3 is 2.52 bits per heavy atom. The Bertz CT molecular complexity index is 809. The minimum atomic E-state index is -0.0173. The van der Waals surface area contributed by atoms with E-state index in [1.54, 1.807) is 30.9 Å². The summed E-state index contributed by atoms with van der Waals surface area (Å²) >= 11 is 1.56. The van der Waals surface area contributed by atoms with Gasteiger partial charge in [-0.25, -0.2) is 0 Å². The quantitative estimate of drug-likeness (QED) is 0.618. The van der Waals surface area contributed by atoms with Crippen molar-refractivity contribution in [2.24, 2.45) is 0 Å². The van der Waals surface area contributed by atoms with Crippen LogP contribution in [0.2, 0.25) is 0 Å². The van der Waals surface area contributed by atoms with Crippen molar-refractivity contribution in [3.8, 4) is 11.5 Å². The first-order valence-corrected chi connectivity index (χ1v) is 9.72. The Kier molecular flexibility index (Phi) is 6.40. The van der Waals surface area contributed by atoms with Crippen LogP contribution in [0.5, 0.6) is 11.5 Å². The molecule has 1 aliphatic heterocycles. The Labute approximate surface area is 163 Å². The van der Waals surface area contributed by atoms with Gasteiger partial charge in [0.05, 0.1) is 32.6 Å². The molecule has 142 valence electrons. The minimum absolute atomic E-state index is 0.0173. The SMILES string of the molecule is COc1ccc(SC2CC(=O)N2CC(=O)CCc2ccccc2)cc1OC. The predicted octanol–water partition coefficient (Wildman–Crippen LogP) is 3.56. The van der Waals surface area contributed by atoms with Crippen LogP contribution < -0.4 is 9.47 Å². The fraction of sp³-hybridized carbons (Fsp3) is 0.333. The molecule has 2 aromatic carbocycles. The molecule has 1 amide bonds. The molecule has 0 radical (unpaired) electrons. The molecule has 1 unspecified atom stereocenters. The summed E-state index contributed by atoms with van der Waals surface area (Å²) in [4.78, 5) is 26.9. The van der Waals surface area contributed by atoms with E-state index in [2.05, 4.69) is 0 Å². The van der Waals surface area contributed by atoms with Gasteiger partial charge in [0.1, 0.15) is 0 Å². The molecule has 0 aromatic heterocycles. The lowest BCUT2D eigenvalue weighted by Crippen LogP contribution is -2.52. The van der Waals surface area contributed by atoms with Crippen LogP contribution >= 0.6 is 11.8 Å². The first-order valence-electron chi connectivity index (χ1n) is 8.84. The summed E-state index contributed by atoms with van der Waals surface area (Å²) in [5, 5.41) is -0.0173. The van der Waals surface area contributed by atoms with Crippen molar-refractivity contribution < 1.29 is 19.1 Å². The lowest BCUT2D eigenvalue weighted by atomic mass is 10.1. The number of Topliss-reactive ketones (excluding diaryl/α,β-unsaturated/α-hetero) is 1. The molecule has 1 fully saturated rings. The molecule has 6 heteroatoms. The number of amides is 1. The number of methoxy groups -OCH3 is 2. The maximum absolute atomic E-state index is 12.3. The third-order valence-corrected chi connectivity index (χ3v) is 5.75. The molecule has 1 aliphatic rings. The zero-order valence-electron chi connectivity index (χ0n) is 15.5. The van der Waals surface area contributed by atoms with Crippen LogP contribution in [-0.2, 0) is 16.0 Å². The molecular formula is C21H23NO4S. The van der Waals surface area contributed by atoms with E-state index >= 15 is 0 Å². The van der Waals surface area contributed by atoms with E-state index in [9.17, 15) is 9.59 Å². The van der Waals surface area contributed by atoms with Gasteiger partial charge in [0, 0.05) is 11.3 Å². The largest absolute Gasteiger partial charge is 0.493 e. The topological polar surface area (TPSA) is 55.8 Å². The van der Waals surface area contributed by atoms with Crippen LogP contribution in [-0.4, -0.2) is 42.7 Å². The van der Waals surface area contributed by atoms with Gasteiger partial charge in [0.2, 0.25) is 5.91 Å². The fourth-order valence-corrected chi connectivity index (χ4v) is 4.15. The number of nitrogens with zero attached hydrogens (tertiary/aromatic N) is 1. The highest BCUT2D eigenvalue weighted by Gasteiger charge is 2.37. The third-order valence-electron chi connectivity index (χ3n) is 4.53. The van der Waals surface area contributed by atoms with Crippen LogP contribution in [0.4, 0.5) is 0 Å². The van der Waals surface area contributed by atoms with Crippen molar-refractivity contribution in [3.05, 3.63) is 54.1 Å². The summed E-state index contributed by atoms with van der Waals surface area (Å²) in [6.45, 7) is 0.177. The van der Waals surface area contributed by atoms with Crippen molar-refractivity contribution in [3.63, 3.8) is 0 Å². The molecule has 0 aliphatic carbocycles. The normalized spacial score (nSPS) is 16.0. The van der Waals surface area contributed by atoms with Gasteiger partial charge in [-0.05, 0) is 30.2 Å². The molecule has 0 spiro atoms. The highest BCUT2D eigenvalue weighted by Crippen LogP contribution is 2.38. The van der Waals surface area contributed by atoms with Crippen LogP contribution in [0, 0.1) is 0 Å². The van der Waals surface area contributed by atoms with E-state index in [4.69, 9.17) is 9.47 Å². The minimum Gasteiger partial charge on any atom is -0.493 e. The smallest absolute Gasteiger partial charge is 0.226 e. The van der Waals surface area contributed by atoms with Crippen LogP contribution in [0.1, 0.15) is 18.4 Å². The zero-order chi connectivity index (χ0) is 19.2. The molecule has 3 rings (SSSR count). The number of benzene rings is 2.